The zero-order chi connectivity index (χ0) is 12.6. The highest BCUT2D eigenvalue weighted by Crippen LogP contribution is 2.26. The summed E-state index contributed by atoms with van der Waals surface area (Å²) in [6, 6.07) is 0. The molecule has 0 saturated heterocycles. The van der Waals surface area contributed by atoms with Crippen molar-refractivity contribution in [3.8, 4) is 0 Å². The molecule has 0 aliphatic rings. The number of rotatable bonds is 8. The van der Waals surface area contributed by atoms with Gasteiger partial charge in [0.15, 0.2) is 0 Å². The molecule has 0 aromatic carbocycles. The van der Waals surface area contributed by atoms with E-state index in [2.05, 4.69) is 0 Å². The van der Waals surface area contributed by atoms with Crippen molar-refractivity contribution in [1.82, 2.24) is 0 Å². The lowest BCUT2D eigenvalue weighted by atomic mass is 9.81. The van der Waals surface area contributed by atoms with Gasteiger partial charge in [-0.2, -0.15) is 0 Å². The van der Waals surface area contributed by atoms with Crippen molar-refractivity contribution < 1.29 is 19.4 Å². The van der Waals surface area contributed by atoms with Crippen molar-refractivity contribution in [2.45, 2.75) is 20.8 Å². The number of hydrogen-bond donors (Lipinski definition) is 2. The Morgan fingerprint density at radius 3 is 2.25 bits per heavy atom. The molecule has 5 heteroatoms. The summed E-state index contributed by atoms with van der Waals surface area (Å²) in [5.74, 6) is -1.32. The van der Waals surface area contributed by atoms with E-state index in [1.54, 1.807) is 0 Å². The summed E-state index contributed by atoms with van der Waals surface area (Å²) in [6.45, 7) is 7.73. The predicted molar refractivity (Wildman–Crippen MR) is 61.3 cm³/mol. The quantitative estimate of drug-likeness (QED) is 0.604. The Balaban J connectivity index is 3.75. The predicted octanol–water partition coefficient (Wildman–Crippen LogP) is 0.725. The molecule has 1 atom stereocenters. The van der Waals surface area contributed by atoms with Crippen LogP contribution in [0.5, 0.6) is 0 Å². The SMILES string of the molecule is CC(C)(C)C(COCCOCCN)C(=O)O. The van der Waals surface area contributed by atoms with Crippen molar-refractivity contribution in [1.29, 1.82) is 0 Å². The van der Waals surface area contributed by atoms with Crippen LogP contribution in [0.4, 0.5) is 0 Å². The minimum absolute atomic E-state index is 0.213. The third kappa shape index (κ3) is 6.76. The first-order valence-electron chi connectivity index (χ1n) is 5.48. The lowest BCUT2D eigenvalue weighted by Gasteiger charge is -2.26. The van der Waals surface area contributed by atoms with Crippen LogP contribution in [0, 0.1) is 11.3 Å². The van der Waals surface area contributed by atoms with Crippen LogP contribution in [0.25, 0.3) is 0 Å². The van der Waals surface area contributed by atoms with Gasteiger partial charge in [-0.3, -0.25) is 4.79 Å². The molecule has 0 heterocycles. The summed E-state index contributed by atoms with van der Waals surface area (Å²) < 4.78 is 10.4. The zero-order valence-electron chi connectivity index (χ0n) is 10.4. The molecule has 16 heavy (non-hydrogen) atoms. The fourth-order valence-electron chi connectivity index (χ4n) is 1.20. The molecule has 0 amide bonds. The highest BCUT2D eigenvalue weighted by Gasteiger charge is 2.31. The lowest BCUT2D eigenvalue weighted by molar-refractivity contribution is -0.148. The van der Waals surface area contributed by atoms with Gasteiger partial charge in [0.05, 0.1) is 32.3 Å². The van der Waals surface area contributed by atoms with Crippen molar-refractivity contribution in [3.05, 3.63) is 0 Å². The summed E-state index contributed by atoms with van der Waals surface area (Å²) in [6.07, 6.45) is 0. The van der Waals surface area contributed by atoms with Gasteiger partial charge < -0.3 is 20.3 Å². The summed E-state index contributed by atoms with van der Waals surface area (Å²) >= 11 is 0. The highest BCUT2D eigenvalue weighted by atomic mass is 16.5. The maximum atomic E-state index is 11.0. The molecule has 0 aliphatic heterocycles. The molecule has 0 aromatic rings. The summed E-state index contributed by atoms with van der Waals surface area (Å²) in [4.78, 5) is 11.0. The Morgan fingerprint density at radius 2 is 1.81 bits per heavy atom. The van der Waals surface area contributed by atoms with Gasteiger partial charge in [-0.1, -0.05) is 20.8 Å². The second kappa shape index (κ2) is 7.60. The molecule has 96 valence electrons. The maximum absolute atomic E-state index is 11.0. The fourth-order valence-corrected chi connectivity index (χ4v) is 1.20. The zero-order valence-corrected chi connectivity index (χ0v) is 10.4. The largest absolute Gasteiger partial charge is 0.481 e. The van der Waals surface area contributed by atoms with Crippen LogP contribution in [0.3, 0.4) is 0 Å². The van der Waals surface area contributed by atoms with Crippen LogP contribution in [0.1, 0.15) is 20.8 Å². The number of carboxylic acid groups (broad SMARTS) is 1. The first-order chi connectivity index (χ1) is 7.39. The van der Waals surface area contributed by atoms with Crippen LogP contribution >= 0.6 is 0 Å². The Morgan fingerprint density at radius 1 is 1.25 bits per heavy atom. The van der Waals surface area contributed by atoms with Crippen molar-refractivity contribution in [2.75, 3.05) is 33.0 Å². The Bertz CT molecular complexity index is 201. The molecule has 0 spiro atoms. The van der Waals surface area contributed by atoms with Gasteiger partial charge in [0.1, 0.15) is 0 Å². The average Bonchev–Trinajstić information content (AvgIpc) is 2.13. The fraction of sp³-hybridized carbons (Fsp3) is 0.909. The highest BCUT2D eigenvalue weighted by molar-refractivity contribution is 5.71. The molecular weight excluding hydrogens is 210 g/mol. The van der Waals surface area contributed by atoms with E-state index in [-0.39, 0.29) is 12.0 Å². The van der Waals surface area contributed by atoms with Crippen LogP contribution in [0.15, 0.2) is 0 Å². The van der Waals surface area contributed by atoms with Crippen LogP contribution in [0.2, 0.25) is 0 Å². The van der Waals surface area contributed by atoms with Gasteiger partial charge >= 0.3 is 5.97 Å². The first kappa shape index (κ1) is 15.3. The number of carboxylic acids is 1. The average molecular weight is 233 g/mol. The minimum Gasteiger partial charge on any atom is -0.481 e. The molecular formula is C11H23NO4. The monoisotopic (exact) mass is 233 g/mol. The van der Waals surface area contributed by atoms with E-state index in [9.17, 15) is 4.79 Å². The number of carbonyl (C=O) groups is 1. The third-order valence-electron chi connectivity index (χ3n) is 2.26. The van der Waals surface area contributed by atoms with E-state index < -0.39 is 11.9 Å². The van der Waals surface area contributed by atoms with Crippen molar-refractivity contribution in [3.63, 3.8) is 0 Å². The van der Waals surface area contributed by atoms with E-state index >= 15 is 0 Å². The molecule has 0 bridgehead atoms. The molecule has 0 aliphatic carbocycles. The summed E-state index contributed by atoms with van der Waals surface area (Å²) in [5, 5.41) is 9.02. The number of hydrogen-bond acceptors (Lipinski definition) is 4. The third-order valence-corrected chi connectivity index (χ3v) is 2.26. The Labute approximate surface area is 96.9 Å². The molecule has 3 N–H and O–H groups in total. The number of aliphatic carboxylic acids is 1. The minimum atomic E-state index is -0.824. The topological polar surface area (TPSA) is 81.8 Å². The normalized spacial score (nSPS) is 13.8. The second-order valence-corrected chi connectivity index (χ2v) is 4.73. The Kier molecular flexibility index (Phi) is 7.29. The van der Waals surface area contributed by atoms with Gasteiger partial charge in [0, 0.05) is 6.54 Å². The van der Waals surface area contributed by atoms with Gasteiger partial charge in [-0.05, 0) is 5.41 Å². The smallest absolute Gasteiger partial charge is 0.309 e. The van der Waals surface area contributed by atoms with Gasteiger partial charge in [-0.25, -0.2) is 0 Å². The lowest BCUT2D eigenvalue weighted by Crippen LogP contribution is -2.33. The van der Waals surface area contributed by atoms with Crippen molar-refractivity contribution >= 4 is 5.97 Å². The maximum Gasteiger partial charge on any atom is 0.309 e. The molecule has 5 nitrogen and oxygen atoms in total. The first-order valence-corrected chi connectivity index (χ1v) is 5.48. The van der Waals surface area contributed by atoms with Crippen LogP contribution < -0.4 is 5.73 Å². The number of nitrogens with two attached hydrogens (primary N) is 1. The standard InChI is InChI=1S/C11H23NO4/c1-11(2,3)9(10(13)14)8-16-7-6-15-5-4-12/h9H,4-8,12H2,1-3H3,(H,13,14). The molecule has 0 rings (SSSR count). The van der Waals surface area contributed by atoms with Crippen molar-refractivity contribution in [2.24, 2.45) is 17.1 Å². The summed E-state index contributed by atoms with van der Waals surface area (Å²) in [5.41, 5.74) is 4.94. The second-order valence-electron chi connectivity index (χ2n) is 4.73. The van der Waals surface area contributed by atoms with E-state index in [1.807, 2.05) is 20.8 Å². The molecule has 0 saturated carbocycles. The number of ether oxygens (including phenoxy) is 2. The van der Waals surface area contributed by atoms with Crippen LogP contribution in [-0.4, -0.2) is 44.0 Å². The van der Waals surface area contributed by atoms with E-state index in [4.69, 9.17) is 20.3 Å². The van der Waals surface area contributed by atoms with Gasteiger partial charge in [0.25, 0.3) is 0 Å². The van der Waals surface area contributed by atoms with Gasteiger partial charge in [-0.15, -0.1) is 0 Å². The van der Waals surface area contributed by atoms with E-state index in [0.717, 1.165) is 0 Å². The van der Waals surface area contributed by atoms with E-state index in [0.29, 0.717) is 26.4 Å². The molecule has 1 unspecified atom stereocenters. The summed E-state index contributed by atoms with van der Waals surface area (Å²) in [7, 11) is 0. The molecule has 0 radical (unpaired) electrons. The van der Waals surface area contributed by atoms with Crippen LogP contribution in [-0.2, 0) is 14.3 Å². The van der Waals surface area contributed by atoms with E-state index in [1.165, 1.54) is 0 Å². The molecule has 0 fully saturated rings. The van der Waals surface area contributed by atoms with Gasteiger partial charge in [0.2, 0.25) is 0 Å². The Hall–Kier alpha value is -0.650. The molecule has 0 aromatic heterocycles.